The van der Waals surface area contributed by atoms with Crippen molar-refractivity contribution in [2.24, 2.45) is 5.41 Å². The van der Waals surface area contributed by atoms with Crippen LogP contribution in [0.1, 0.15) is 110 Å². The highest BCUT2D eigenvalue weighted by atomic mass is 16.8. The lowest BCUT2D eigenvalue weighted by molar-refractivity contribution is -0.365. The van der Waals surface area contributed by atoms with E-state index in [1.54, 1.807) is 0 Å². The van der Waals surface area contributed by atoms with Crippen molar-refractivity contribution in [1.29, 1.82) is 0 Å². The molecule has 0 bridgehead atoms. The van der Waals surface area contributed by atoms with Gasteiger partial charge in [0.25, 0.3) is 0 Å². The van der Waals surface area contributed by atoms with Gasteiger partial charge >= 0.3 is 0 Å². The van der Waals surface area contributed by atoms with Gasteiger partial charge in [-0.3, -0.25) is 0 Å². The minimum Gasteiger partial charge on any atom is -0.394 e. The summed E-state index contributed by atoms with van der Waals surface area (Å²) in [4.78, 5) is 0. The van der Waals surface area contributed by atoms with Gasteiger partial charge in [-0.2, -0.15) is 0 Å². The fourth-order valence-electron chi connectivity index (χ4n) is 9.61. The minimum atomic E-state index is -1.99. The van der Waals surface area contributed by atoms with Crippen LogP contribution >= 0.6 is 0 Å². The summed E-state index contributed by atoms with van der Waals surface area (Å²) in [5.74, 6) is -1.99. The van der Waals surface area contributed by atoms with Crippen LogP contribution in [0.2, 0.25) is 0 Å². The van der Waals surface area contributed by atoms with E-state index in [0.29, 0.717) is 12.8 Å². The number of unbranched alkanes of at least 4 members (excludes halogenated alkanes) is 10. The van der Waals surface area contributed by atoms with Crippen LogP contribution in [-0.4, -0.2) is 222 Å². The zero-order valence-electron chi connectivity index (χ0n) is 37.2. The lowest BCUT2D eigenvalue weighted by Gasteiger charge is -2.46. The molecule has 12 unspecified atom stereocenters. The van der Waals surface area contributed by atoms with E-state index in [-0.39, 0.29) is 19.6 Å². The Hall–Kier alpha value is -0.840. The molecule has 0 amide bonds. The van der Waals surface area contributed by atoms with Gasteiger partial charge in [-0.15, -0.1) is 0 Å². The second-order valence-corrected chi connectivity index (χ2v) is 18.5. The number of hydrogen-bond acceptors (Lipinski definition) is 21. The average molecular weight is 931 g/mol. The van der Waals surface area contributed by atoms with Gasteiger partial charge in [-0.1, -0.05) is 90.9 Å². The van der Waals surface area contributed by atoms with Gasteiger partial charge in [0.15, 0.2) is 18.9 Å². The van der Waals surface area contributed by atoms with Crippen LogP contribution in [0, 0.1) is 5.41 Å². The number of aliphatic hydroxyl groups excluding tert-OH is 13. The number of rotatable bonds is 25. The molecule has 5 aliphatic rings. The van der Waals surface area contributed by atoms with Crippen LogP contribution in [-0.2, 0) is 37.9 Å². The highest BCUT2D eigenvalue weighted by molar-refractivity contribution is 5.07. The Kier molecular flexibility index (Phi) is 21.3. The standard InChI is InChI=1S/C43H78O21/c1-3-5-7-9-11-13-15-42(16-14-12-10-8-6-4-2,21-57-39-35(55)31(51)37-23(59-39)17-43(64-37)38(56)32(52)28(48)25(19-45)63-43)22-58-40-34(54)30(50)36(26(20-46)61-40)62-41-33(53)29(49)27(47)24(18-44)60-41/h23-41,44-56H,3-22H2,1-2H3/t23?,24?,25?,26?,27-,28-,29?,30?,31?,32?,33?,34?,35?,36-,37-,38?,39-,40-,41-,43-/m1/s1. The molecule has 1 spiro atoms. The normalized spacial score (nSPS) is 42.9. The molecule has 0 aromatic carbocycles. The third-order valence-corrected chi connectivity index (χ3v) is 13.7. The summed E-state index contributed by atoms with van der Waals surface area (Å²) in [6.45, 7) is 1.90. The molecule has 0 aliphatic carbocycles. The van der Waals surface area contributed by atoms with E-state index in [1.807, 2.05) is 0 Å². The number of hydrogen-bond donors (Lipinski definition) is 13. The number of ether oxygens (including phenoxy) is 8. The number of fused-ring (bicyclic) bond motifs is 1. The molecule has 21 nitrogen and oxygen atoms in total. The van der Waals surface area contributed by atoms with Crippen molar-refractivity contribution < 1.29 is 104 Å². The molecule has 0 aromatic rings. The molecule has 0 saturated carbocycles. The molecule has 0 radical (unpaired) electrons. The molecule has 376 valence electrons. The smallest absolute Gasteiger partial charge is 0.200 e. The molecular weight excluding hydrogens is 852 g/mol. The van der Waals surface area contributed by atoms with Crippen molar-refractivity contribution in [3.8, 4) is 0 Å². The van der Waals surface area contributed by atoms with E-state index >= 15 is 0 Å². The summed E-state index contributed by atoms with van der Waals surface area (Å²) < 4.78 is 47.7. The second-order valence-electron chi connectivity index (χ2n) is 18.5. The zero-order chi connectivity index (χ0) is 46.8. The average Bonchev–Trinajstić information content (AvgIpc) is 3.67. The molecule has 13 N–H and O–H groups in total. The Morgan fingerprint density at radius 1 is 0.484 bits per heavy atom. The Labute approximate surface area is 374 Å². The Bertz CT molecular complexity index is 1310. The van der Waals surface area contributed by atoms with E-state index < -0.39 is 148 Å². The molecular formula is C43H78O21. The summed E-state index contributed by atoms with van der Waals surface area (Å²) in [5.41, 5.74) is -0.822. The monoisotopic (exact) mass is 931 g/mol. The predicted octanol–water partition coefficient (Wildman–Crippen LogP) is -2.46. The zero-order valence-corrected chi connectivity index (χ0v) is 37.2. The van der Waals surface area contributed by atoms with E-state index in [4.69, 9.17) is 37.9 Å². The molecule has 0 aromatic heterocycles. The molecule has 64 heavy (non-hydrogen) atoms. The molecule has 5 saturated heterocycles. The summed E-state index contributed by atoms with van der Waals surface area (Å²) in [6, 6.07) is 0. The molecule has 5 heterocycles. The first-order valence-corrected chi connectivity index (χ1v) is 23.4. The third kappa shape index (κ3) is 12.7. The predicted molar refractivity (Wildman–Crippen MR) is 220 cm³/mol. The van der Waals surface area contributed by atoms with Crippen molar-refractivity contribution in [3.63, 3.8) is 0 Å². The van der Waals surface area contributed by atoms with Crippen LogP contribution in [0.15, 0.2) is 0 Å². The van der Waals surface area contributed by atoms with Crippen LogP contribution in [0.25, 0.3) is 0 Å². The van der Waals surface area contributed by atoms with E-state index in [0.717, 1.165) is 77.0 Å². The largest absolute Gasteiger partial charge is 0.394 e. The molecule has 5 rings (SSSR count). The lowest BCUT2D eigenvalue weighted by Crippen LogP contribution is -2.65. The van der Waals surface area contributed by atoms with Crippen molar-refractivity contribution in [3.05, 3.63) is 0 Å². The van der Waals surface area contributed by atoms with E-state index in [9.17, 15) is 66.4 Å². The first-order valence-electron chi connectivity index (χ1n) is 23.4. The van der Waals surface area contributed by atoms with Crippen molar-refractivity contribution in [1.82, 2.24) is 0 Å². The van der Waals surface area contributed by atoms with Crippen molar-refractivity contribution >= 4 is 0 Å². The SMILES string of the molecule is CCCCCCCCC(CCCCCCCC)(CO[C@@H]1OC(CO)[C@@H](O[C@H]2OC(CO)[C@@H](O)C(O)C2O)C(O)C1O)CO[C@@H]1OC2C[C@@]3(OC(CO)[C@@H](O)C(O)C3O)O[C@H]2C(O)C1O. The second kappa shape index (κ2) is 25.1. The fraction of sp³-hybridized carbons (Fsp3) is 1.00. The first kappa shape index (κ1) is 54.1. The highest BCUT2D eigenvalue weighted by Crippen LogP contribution is 2.46. The van der Waals surface area contributed by atoms with Gasteiger partial charge in [-0.05, 0) is 12.8 Å². The van der Waals surface area contributed by atoms with E-state index in [2.05, 4.69) is 13.8 Å². The summed E-state index contributed by atoms with van der Waals surface area (Å²) >= 11 is 0. The molecule has 5 fully saturated rings. The van der Waals surface area contributed by atoms with Crippen LogP contribution in [0.3, 0.4) is 0 Å². The molecule has 5 aliphatic heterocycles. The maximum absolute atomic E-state index is 11.4. The maximum Gasteiger partial charge on any atom is 0.200 e. The summed E-state index contributed by atoms with van der Waals surface area (Å²) in [5, 5.41) is 138. The first-order chi connectivity index (χ1) is 30.6. The highest BCUT2D eigenvalue weighted by Gasteiger charge is 2.64. The fourth-order valence-corrected chi connectivity index (χ4v) is 9.61. The molecule has 21 heteroatoms. The van der Waals surface area contributed by atoms with Crippen molar-refractivity contribution in [2.45, 2.75) is 232 Å². The summed E-state index contributed by atoms with van der Waals surface area (Å²) in [6.07, 6.45) is -17.1. The van der Waals surface area contributed by atoms with Gasteiger partial charge in [0.1, 0.15) is 91.6 Å². The number of aliphatic hydroxyl groups is 13. The van der Waals surface area contributed by atoms with Gasteiger partial charge in [0.05, 0.1) is 39.1 Å². The molecule has 20 atom stereocenters. The topological polar surface area (TPSA) is 337 Å². The third-order valence-electron chi connectivity index (χ3n) is 13.7. The van der Waals surface area contributed by atoms with E-state index in [1.165, 1.54) is 0 Å². The van der Waals surface area contributed by atoms with Gasteiger partial charge in [0.2, 0.25) is 5.79 Å². The Balaban J connectivity index is 1.33. The Morgan fingerprint density at radius 3 is 1.53 bits per heavy atom. The van der Waals surface area contributed by atoms with Crippen LogP contribution < -0.4 is 0 Å². The lowest BCUT2D eigenvalue weighted by atomic mass is 9.79. The maximum atomic E-state index is 11.4. The minimum absolute atomic E-state index is 0.0803. The van der Waals surface area contributed by atoms with Crippen LogP contribution in [0.5, 0.6) is 0 Å². The Morgan fingerprint density at radius 2 is 0.969 bits per heavy atom. The van der Waals surface area contributed by atoms with Gasteiger partial charge < -0.3 is 104 Å². The summed E-state index contributed by atoms with van der Waals surface area (Å²) in [7, 11) is 0. The quantitative estimate of drug-likeness (QED) is 0.0422. The van der Waals surface area contributed by atoms with Gasteiger partial charge in [-0.25, -0.2) is 0 Å². The van der Waals surface area contributed by atoms with Crippen LogP contribution in [0.4, 0.5) is 0 Å². The van der Waals surface area contributed by atoms with Gasteiger partial charge in [0, 0.05) is 11.8 Å². The van der Waals surface area contributed by atoms with Crippen molar-refractivity contribution in [2.75, 3.05) is 33.0 Å².